The molecule has 0 atom stereocenters. The monoisotopic (exact) mass is 300 g/mol. The van der Waals surface area contributed by atoms with E-state index in [-0.39, 0.29) is 0 Å². The molecule has 0 spiro atoms. The number of rotatable bonds is 7. The highest BCUT2D eigenvalue weighted by atomic mass is 79.9. The van der Waals surface area contributed by atoms with Crippen LogP contribution in [0.5, 0.6) is 0 Å². The van der Waals surface area contributed by atoms with Crippen LogP contribution in [0.2, 0.25) is 0 Å². The van der Waals surface area contributed by atoms with Crippen LogP contribution in [0, 0.1) is 5.92 Å². The van der Waals surface area contributed by atoms with Crippen molar-refractivity contribution in [2.75, 3.05) is 11.1 Å². The highest BCUT2D eigenvalue weighted by Gasteiger charge is 1.98. The van der Waals surface area contributed by atoms with Gasteiger partial charge in [-0.3, -0.25) is 0 Å². The Morgan fingerprint density at radius 2 is 1.88 bits per heavy atom. The molecule has 0 amide bonds. The van der Waals surface area contributed by atoms with Gasteiger partial charge in [-0.15, -0.1) is 11.8 Å². The molecule has 0 N–H and O–H groups in total. The Morgan fingerprint density at radius 3 is 2.44 bits per heavy atom. The minimum absolute atomic E-state index is 0.811. The van der Waals surface area contributed by atoms with Crippen molar-refractivity contribution in [3.05, 3.63) is 29.8 Å². The SMILES string of the molecule is CC(C)CCSc1ccc(CCCBr)cc1. The number of halogens is 1. The van der Waals surface area contributed by atoms with Crippen molar-refractivity contribution < 1.29 is 0 Å². The zero-order chi connectivity index (χ0) is 11.8. The first kappa shape index (κ1) is 14.1. The summed E-state index contributed by atoms with van der Waals surface area (Å²) in [5.41, 5.74) is 1.45. The molecule has 0 unspecified atom stereocenters. The third-order valence-corrected chi connectivity index (χ3v) is 4.09. The van der Waals surface area contributed by atoms with Gasteiger partial charge in [-0.2, -0.15) is 0 Å². The van der Waals surface area contributed by atoms with E-state index in [1.54, 1.807) is 0 Å². The second kappa shape index (κ2) is 8.19. The van der Waals surface area contributed by atoms with Gasteiger partial charge >= 0.3 is 0 Å². The second-order valence-electron chi connectivity index (χ2n) is 4.47. The first-order chi connectivity index (χ1) is 7.72. The lowest BCUT2D eigenvalue weighted by Gasteiger charge is -2.05. The van der Waals surface area contributed by atoms with Crippen LogP contribution in [0.4, 0.5) is 0 Å². The highest BCUT2D eigenvalue weighted by Crippen LogP contribution is 2.21. The van der Waals surface area contributed by atoms with E-state index in [2.05, 4.69) is 54.0 Å². The van der Waals surface area contributed by atoms with Crippen LogP contribution in [0.25, 0.3) is 0 Å². The average Bonchev–Trinajstić information content (AvgIpc) is 2.27. The van der Waals surface area contributed by atoms with Crippen molar-refractivity contribution in [1.82, 2.24) is 0 Å². The van der Waals surface area contributed by atoms with Gasteiger partial charge in [-0.1, -0.05) is 41.9 Å². The van der Waals surface area contributed by atoms with Gasteiger partial charge in [0.1, 0.15) is 0 Å². The van der Waals surface area contributed by atoms with Crippen LogP contribution in [-0.4, -0.2) is 11.1 Å². The van der Waals surface area contributed by atoms with Crippen molar-refractivity contribution in [1.29, 1.82) is 0 Å². The fourth-order valence-electron chi connectivity index (χ4n) is 1.44. The van der Waals surface area contributed by atoms with Gasteiger partial charge in [0.2, 0.25) is 0 Å². The summed E-state index contributed by atoms with van der Waals surface area (Å²) < 4.78 is 0. The Morgan fingerprint density at radius 1 is 1.19 bits per heavy atom. The zero-order valence-corrected chi connectivity index (χ0v) is 12.6. The number of benzene rings is 1. The number of aryl methyl sites for hydroxylation is 1. The van der Waals surface area contributed by atoms with Crippen LogP contribution in [0.15, 0.2) is 29.2 Å². The molecule has 1 aromatic rings. The normalized spacial score (nSPS) is 11.0. The minimum Gasteiger partial charge on any atom is -0.126 e. The van der Waals surface area contributed by atoms with E-state index >= 15 is 0 Å². The van der Waals surface area contributed by atoms with Crippen LogP contribution >= 0.6 is 27.7 Å². The molecule has 90 valence electrons. The van der Waals surface area contributed by atoms with Gasteiger partial charge in [0.05, 0.1) is 0 Å². The quantitative estimate of drug-likeness (QED) is 0.495. The van der Waals surface area contributed by atoms with Gasteiger partial charge in [-0.25, -0.2) is 0 Å². The maximum atomic E-state index is 3.46. The number of alkyl halides is 1. The third-order valence-electron chi connectivity index (χ3n) is 2.49. The molecule has 16 heavy (non-hydrogen) atoms. The van der Waals surface area contributed by atoms with Crippen molar-refractivity contribution in [2.24, 2.45) is 5.92 Å². The van der Waals surface area contributed by atoms with Crippen LogP contribution in [-0.2, 0) is 6.42 Å². The molecule has 0 fully saturated rings. The van der Waals surface area contributed by atoms with E-state index in [0.717, 1.165) is 11.2 Å². The van der Waals surface area contributed by atoms with Crippen LogP contribution in [0.1, 0.15) is 32.3 Å². The summed E-state index contributed by atoms with van der Waals surface area (Å²) in [6, 6.07) is 9.05. The Labute approximate surface area is 112 Å². The molecule has 0 radical (unpaired) electrons. The molecule has 0 heterocycles. The van der Waals surface area contributed by atoms with Crippen molar-refractivity contribution in [2.45, 2.75) is 38.0 Å². The molecule has 1 rings (SSSR count). The molecule has 0 saturated carbocycles. The van der Waals surface area contributed by atoms with E-state index in [9.17, 15) is 0 Å². The summed E-state index contributed by atoms with van der Waals surface area (Å²) in [7, 11) is 0. The highest BCUT2D eigenvalue weighted by molar-refractivity contribution is 9.09. The lowest BCUT2D eigenvalue weighted by molar-refractivity contribution is 0.632. The van der Waals surface area contributed by atoms with Crippen molar-refractivity contribution in [3.8, 4) is 0 Å². The average molecular weight is 301 g/mol. The maximum Gasteiger partial charge on any atom is 0.00721 e. The fraction of sp³-hybridized carbons (Fsp3) is 0.571. The molecule has 1 aromatic carbocycles. The summed E-state index contributed by atoms with van der Waals surface area (Å²) in [5, 5.41) is 1.10. The Balaban J connectivity index is 2.33. The van der Waals surface area contributed by atoms with Crippen LogP contribution < -0.4 is 0 Å². The first-order valence-corrected chi connectivity index (χ1v) is 8.10. The van der Waals surface area contributed by atoms with E-state index in [1.165, 1.54) is 35.5 Å². The maximum absolute atomic E-state index is 3.46. The second-order valence-corrected chi connectivity index (χ2v) is 6.43. The third kappa shape index (κ3) is 5.95. The lowest BCUT2D eigenvalue weighted by atomic mass is 10.1. The molecule has 0 aliphatic rings. The molecule has 0 nitrogen and oxygen atoms in total. The van der Waals surface area contributed by atoms with Crippen molar-refractivity contribution >= 4 is 27.7 Å². The largest absolute Gasteiger partial charge is 0.126 e. The Kier molecular flexibility index (Phi) is 7.22. The van der Waals surface area contributed by atoms with Gasteiger partial charge in [0.15, 0.2) is 0 Å². The number of thioether (sulfide) groups is 1. The predicted octanol–water partition coefficient (Wildman–Crippen LogP) is 5.15. The molecular weight excluding hydrogens is 280 g/mol. The van der Waals surface area contributed by atoms with Gasteiger partial charge in [0.25, 0.3) is 0 Å². The summed E-state index contributed by atoms with van der Waals surface area (Å²) in [4.78, 5) is 1.41. The van der Waals surface area contributed by atoms with E-state index in [4.69, 9.17) is 0 Å². The van der Waals surface area contributed by atoms with E-state index < -0.39 is 0 Å². The standard InChI is InChI=1S/C14H21BrS/c1-12(2)9-11-16-14-7-5-13(6-8-14)4-3-10-15/h5-8,12H,3-4,9-11H2,1-2H3. The number of hydrogen-bond donors (Lipinski definition) is 0. The smallest absolute Gasteiger partial charge is 0.00721 e. The van der Waals surface area contributed by atoms with Crippen molar-refractivity contribution in [3.63, 3.8) is 0 Å². The summed E-state index contributed by atoms with van der Waals surface area (Å²) >= 11 is 5.44. The molecule has 0 bridgehead atoms. The van der Waals surface area contributed by atoms with Gasteiger partial charge < -0.3 is 0 Å². The molecule has 0 aromatic heterocycles. The Bertz CT molecular complexity index is 279. The topological polar surface area (TPSA) is 0 Å². The number of hydrogen-bond acceptors (Lipinski definition) is 1. The van der Waals surface area contributed by atoms with Crippen LogP contribution in [0.3, 0.4) is 0 Å². The predicted molar refractivity (Wildman–Crippen MR) is 78.7 cm³/mol. The molecular formula is C14H21BrS. The molecule has 2 heteroatoms. The lowest BCUT2D eigenvalue weighted by Crippen LogP contribution is -1.89. The van der Waals surface area contributed by atoms with E-state index in [0.29, 0.717) is 0 Å². The summed E-state index contributed by atoms with van der Waals surface area (Å²) in [5.74, 6) is 2.05. The molecule has 0 saturated heterocycles. The summed E-state index contributed by atoms with van der Waals surface area (Å²) in [6.45, 7) is 4.56. The molecule has 0 aliphatic carbocycles. The molecule has 0 aliphatic heterocycles. The minimum atomic E-state index is 0.811. The summed E-state index contributed by atoms with van der Waals surface area (Å²) in [6.07, 6.45) is 3.71. The Hall–Kier alpha value is 0.0500. The fourth-order valence-corrected chi connectivity index (χ4v) is 2.87. The van der Waals surface area contributed by atoms with Gasteiger partial charge in [0, 0.05) is 10.2 Å². The van der Waals surface area contributed by atoms with Gasteiger partial charge in [-0.05, 0) is 48.6 Å². The zero-order valence-electron chi connectivity index (χ0n) is 10.2. The van der Waals surface area contributed by atoms with E-state index in [1.807, 2.05) is 11.8 Å². The first-order valence-electron chi connectivity index (χ1n) is 6.00.